The molecule has 0 N–H and O–H groups in total. The molecule has 0 unspecified atom stereocenters. The van der Waals surface area contributed by atoms with Crippen LogP contribution in [0.5, 0.6) is 0 Å². The van der Waals surface area contributed by atoms with Crippen LogP contribution in [0, 0.1) is 18.7 Å². The molecule has 1 heteroatoms. The highest BCUT2D eigenvalue weighted by molar-refractivity contribution is 5.69. The highest BCUT2D eigenvalue weighted by Crippen LogP contribution is 2.26. The molecule has 76 valence electrons. The molecule has 1 aromatic rings. The van der Waals surface area contributed by atoms with Gasteiger partial charge in [-0.3, -0.25) is 0 Å². The smallest absolute Gasteiger partial charge is 0.126 e. The van der Waals surface area contributed by atoms with Crippen LogP contribution >= 0.6 is 0 Å². The fourth-order valence-corrected chi connectivity index (χ4v) is 1.72. The molecule has 0 saturated carbocycles. The lowest BCUT2D eigenvalue weighted by molar-refractivity contribution is 0.617. The van der Waals surface area contributed by atoms with Crippen LogP contribution in [0.4, 0.5) is 4.39 Å². The Morgan fingerprint density at radius 3 is 2.50 bits per heavy atom. The minimum absolute atomic E-state index is 0.123. The number of hydrogen-bond acceptors (Lipinski definition) is 0. The zero-order valence-corrected chi connectivity index (χ0v) is 9.26. The average molecular weight is 192 g/mol. The standard InChI is InChI=1S/C13H17F/c1-5-11(9(2)3)12-7-6-8-13(14)10(12)4/h5-9H,1-4H3/b11-5-. The third-order valence-electron chi connectivity index (χ3n) is 2.51. The van der Waals surface area contributed by atoms with E-state index < -0.39 is 0 Å². The monoisotopic (exact) mass is 192 g/mol. The molecule has 0 aliphatic heterocycles. The molecular weight excluding hydrogens is 175 g/mol. The Morgan fingerprint density at radius 2 is 2.00 bits per heavy atom. The topological polar surface area (TPSA) is 0 Å². The molecule has 0 heterocycles. The maximum absolute atomic E-state index is 13.3. The maximum Gasteiger partial charge on any atom is 0.126 e. The summed E-state index contributed by atoms with van der Waals surface area (Å²) in [6.45, 7) is 8.08. The quantitative estimate of drug-likeness (QED) is 0.659. The molecular formula is C13H17F. The van der Waals surface area contributed by atoms with Gasteiger partial charge in [-0.25, -0.2) is 4.39 Å². The lowest BCUT2D eigenvalue weighted by Gasteiger charge is -2.14. The molecule has 0 fully saturated rings. The van der Waals surface area contributed by atoms with Crippen LogP contribution in [-0.2, 0) is 0 Å². The molecule has 1 aromatic carbocycles. The van der Waals surface area contributed by atoms with Gasteiger partial charge in [0.05, 0.1) is 0 Å². The van der Waals surface area contributed by atoms with Crippen molar-refractivity contribution < 1.29 is 4.39 Å². The molecule has 0 radical (unpaired) electrons. The Kier molecular flexibility index (Phi) is 3.45. The Balaban J connectivity index is 3.25. The Hall–Kier alpha value is -1.11. The van der Waals surface area contributed by atoms with E-state index in [-0.39, 0.29) is 5.82 Å². The third-order valence-corrected chi connectivity index (χ3v) is 2.51. The highest BCUT2D eigenvalue weighted by atomic mass is 19.1. The highest BCUT2D eigenvalue weighted by Gasteiger charge is 2.10. The van der Waals surface area contributed by atoms with Crippen LogP contribution in [0.25, 0.3) is 5.57 Å². The number of benzene rings is 1. The van der Waals surface area contributed by atoms with E-state index >= 15 is 0 Å². The first kappa shape index (κ1) is 11.0. The summed E-state index contributed by atoms with van der Waals surface area (Å²) in [7, 11) is 0. The number of halogens is 1. The van der Waals surface area contributed by atoms with Crippen LogP contribution in [0.1, 0.15) is 31.9 Å². The lowest BCUT2D eigenvalue weighted by atomic mass is 9.92. The summed E-state index contributed by atoms with van der Waals surface area (Å²) in [6, 6.07) is 5.25. The van der Waals surface area contributed by atoms with Crippen molar-refractivity contribution >= 4 is 5.57 Å². The van der Waals surface area contributed by atoms with Crippen LogP contribution in [0.15, 0.2) is 24.3 Å². The van der Waals surface area contributed by atoms with Gasteiger partial charge in [-0.2, -0.15) is 0 Å². The molecule has 0 spiro atoms. The third kappa shape index (κ3) is 2.03. The van der Waals surface area contributed by atoms with E-state index in [4.69, 9.17) is 0 Å². The maximum atomic E-state index is 13.3. The van der Waals surface area contributed by atoms with Gasteiger partial charge in [0.2, 0.25) is 0 Å². The van der Waals surface area contributed by atoms with E-state index in [1.807, 2.05) is 19.9 Å². The molecule has 0 bridgehead atoms. The molecule has 1 rings (SSSR count). The fraction of sp³-hybridized carbons (Fsp3) is 0.385. The second-order valence-corrected chi connectivity index (χ2v) is 3.81. The summed E-state index contributed by atoms with van der Waals surface area (Å²) in [5.74, 6) is 0.308. The van der Waals surface area contributed by atoms with Crippen LogP contribution in [0.3, 0.4) is 0 Å². The van der Waals surface area contributed by atoms with Gasteiger partial charge in [0, 0.05) is 0 Å². The zero-order valence-electron chi connectivity index (χ0n) is 9.26. The van der Waals surface area contributed by atoms with Gasteiger partial charge in [0.1, 0.15) is 5.82 Å². The largest absolute Gasteiger partial charge is 0.207 e. The average Bonchev–Trinajstić information content (AvgIpc) is 2.13. The van der Waals surface area contributed by atoms with E-state index in [1.165, 1.54) is 11.6 Å². The van der Waals surface area contributed by atoms with Crippen molar-refractivity contribution in [3.05, 3.63) is 41.2 Å². The van der Waals surface area contributed by atoms with Gasteiger partial charge in [0.15, 0.2) is 0 Å². The van der Waals surface area contributed by atoms with Gasteiger partial charge in [-0.05, 0) is 42.5 Å². The summed E-state index contributed by atoms with van der Waals surface area (Å²) in [6.07, 6.45) is 2.06. The van der Waals surface area contributed by atoms with Crippen molar-refractivity contribution in [2.24, 2.45) is 5.92 Å². The van der Waals surface area contributed by atoms with E-state index in [9.17, 15) is 4.39 Å². The van der Waals surface area contributed by atoms with Crippen molar-refractivity contribution in [3.63, 3.8) is 0 Å². The second-order valence-electron chi connectivity index (χ2n) is 3.81. The Morgan fingerprint density at radius 1 is 1.36 bits per heavy atom. The summed E-state index contributed by atoms with van der Waals surface area (Å²) in [4.78, 5) is 0. The van der Waals surface area contributed by atoms with Gasteiger partial charge in [-0.1, -0.05) is 32.1 Å². The van der Waals surface area contributed by atoms with Gasteiger partial charge in [-0.15, -0.1) is 0 Å². The van der Waals surface area contributed by atoms with Crippen LogP contribution in [0.2, 0.25) is 0 Å². The molecule has 0 aliphatic carbocycles. The zero-order chi connectivity index (χ0) is 10.7. The van der Waals surface area contributed by atoms with Crippen molar-refractivity contribution in [1.82, 2.24) is 0 Å². The molecule has 0 nitrogen and oxygen atoms in total. The van der Waals surface area contributed by atoms with Gasteiger partial charge >= 0.3 is 0 Å². The van der Waals surface area contributed by atoms with Gasteiger partial charge in [0.25, 0.3) is 0 Å². The van der Waals surface area contributed by atoms with Crippen LogP contribution < -0.4 is 0 Å². The van der Waals surface area contributed by atoms with Crippen molar-refractivity contribution in [2.45, 2.75) is 27.7 Å². The predicted molar refractivity (Wildman–Crippen MR) is 59.6 cm³/mol. The summed E-state index contributed by atoms with van der Waals surface area (Å²) < 4.78 is 13.3. The van der Waals surface area contributed by atoms with E-state index in [2.05, 4.69) is 19.9 Å². The van der Waals surface area contributed by atoms with Crippen molar-refractivity contribution in [1.29, 1.82) is 0 Å². The fourth-order valence-electron chi connectivity index (χ4n) is 1.72. The number of rotatable bonds is 2. The molecule has 0 aromatic heterocycles. The first-order valence-corrected chi connectivity index (χ1v) is 4.99. The van der Waals surface area contributed by atoms with Crippen molar-refractivity contribution in [2.75, 3.05) is 0 Å². The van der Waals surface area contributed by atoms with Gasteiger partial charge < -0.3 is 0 Å². The first-order chi connectivity index (χ1) is 6.57. The Bertz CT molecular complexity index is 348. The second kappa shape index (κ2) is 4.41. The van der Waals surface area contributed by atoms with E-state index in [0.29, 0.717) is 5.92 Å². The molecule has 0 saturated heterocycles. The lowest BCUT2D eigenvalue weighted by Crippen LogP contribution is -1.97. The Labute approximate surface area is 85.5 Å². The molecule has 0 aliphatic rings. The van der Waals surface area contributed by atoms with Crippen LogP contribution in [-0.4, -0.2) is 0 Å². The van der Waals surface area contributed by atoms with E-state index in [1.54, 1.807) is 6.07 Å². The first-order valence-electron chi connectivity index (χ1n) is 4.99. The molecule has 0 amide bonds. The SMILES string of the molecule is C/C=C(\c1cccc(F)c1C)C(C)C. The number of hydrogen-bond donors (Lipinski definition) is 0. The minimum Gasteiger partial charge on any atom is -0.207 e. The predicted octanol–water partition coefficient (Wildman–Crippen LogP) is 4.19. The summed E-state index contributed by atoms with van der Waals surface area (Å²) in [5, 5.41) is 0. The minimum atomic E-state index is -0.123. The summed E-state index contributed by atoms with van der Waals surface area (Å²) >= 11 is 0. The normalized spacial score (nSPS) is 12.3. The number of allylic oxidation sites excluding steroid dienone is 2. The van der Waals surface area contributed by atoms with Crippen molar-refractivity contribution in [3.8, 4) is 0 Å². The summed E-state index contributed by atoms with van der Waals surface area (Å²) in [5.41, 5.74) is 2.99. The van der Waals surface area contributed by atoms with E-state index in [0.717, 1.165) is 11.1 Å². The molecule has 14 heavy (non-hydrogen) atoms. The molecule has 0 atom stereocenters.